The van der Waals surface area contributed by atoms with Crippen LogP contribution in [0, 0.1) is 0 Å². The molecule has 0 aliphatic rings. The molecule has 0 spiro atoms. The maximum atomic E-state index is 12.9. The van der Waals surface area contributed by atoms with Crippen LogP contribution in [0.5, 0.6) is 5.75 Å². The SMILES string of the molecule is CCOc1ccc2nc(N(CCN(C)C)C(=O)C=Cc3cccs3)sc2c1.Cl. The summed E-state index contributed by atoms with van der Waals surface area (Å²) in [6.07, 6.45) is 3.48. The Hall–Kier alpha value is -1.93. The van der Waals surface area contributed by atoms with Gasteiger partial charge in [0, 0.05) is 24.0 Å². The molecule has 8 heteroatoms. The standard InChI is InChI=1S/C20H23N3O2S2.ClH/c1-4-25-15-7-9-17-18(14-15)27-20(21-17)23(12-11-22(2)3)19(24)10-8-16-6-5-13-26-16;/h5-10,13-14H,4,11-12H2,1-3H3;1H. The maximum Gasteiger partial charge on any atom is 0.252 e. The van der Waals surface area contributed by atoms with Crippen LogP contribution in [0.3, 0.4) is 0 Å². The number of halogens is 1. The van der Waals surface area contributed by atoms with Crippen molar-refractivity contribution in [2.24, 2.45) is 0 Å². The summed E-state index contributed by atoms with van der Waals surface area (Å²) in [5.74, 6) is 0.762. The zero-order chi connectivity index (χ0) is 19.2. The van der Waals surface area contributed by atoms with Gasteiger partial charge in [-0.3, -0.25) is 9.69 Å². The monoisotopic (exact) mass is 437 g/mol. The lowest BCUT2D eigenvalue weighted by Gasteiger charge is -2.20. The van der Waals surface area contributed by atoms with E-state index in [1.165, 1.54) is 11.3 Å². The number of thiophene rings is 1. The minimum atomic E-state index is -0.0608. The Bertz CT molecular complexity index is 923. The van der Waals surface area contributed by atoms with Gasteiger partial charge in [-0.15, -0.1) is 23.7 Å². The van der Waals surface area contributed by atoms with E-state index in [2.05, 4.69) is 9.88 Å². The average molecular weight is 438 g/mol. The Morgan fingerprint density at radius 2 is 2.07 bits per heavy atom. The number of benzene rings is 1. The molecule has 1 aromatic carbocycles. The predicted octanol–water partition coefficient (Wildman–Crippen LogP) is 4.79. The molecule has 0 fully saturated rings. The number of fused-ring (bicyclic) bond motifs is 1. The summed E-state index contributed by atoms with van der Waals surface area (Å²) < 4.78 is 6.59. The first-order valence-electron chi connectivity index (χ1n) is 8.78. The number of amides is 1. The van der Waals surface area contributed by atoms with Crippen LogP contribution in [0.25, 0.3) is 16.3 Å². The lowest BCUT2D eigenvalue weighted by molar-refractivity contribution is -0.114. The molecule has 1 amide bonds. The van der Waals surface area contributed by atoms with Gasteiger partial charge in [0.1, 0.15) is 5.75 Å². The third-order valence-corrected chi connectivity index (χ3v) is 5.74. The molecule has 0 unspecified atom stereocenters. The Balaban J connectivity index is 0.00000280. The quantitative estimate of drug-likeness (QED) is 0.475. The van der Waals surface area contributed by atoms with Gasteiger partial charge in [-0.05, 0) is 56.7 Å². The molecule has 3 aromatic rings. The highest BCUT2D eigenvalue weighted by atomic mass is 35.5. The smallest absolute Gasteiger partial charge is 0.252 e. The molecule has 0 saturated carbocycles. The fourth-order valence-corrected chi connectivity index (χ4v) is 4.14. The van der Waals surface area contributed by atoms with Crippen molar-refractivity contribution in [1.82, 2.24) is 9.88 Å². The van der Waals surface area contributed by atoms with Gasteiger partial charge < -0.3 is 9.64 Å². The Kier molecular flexibility index (Phi) is 8.44. The minimum absolute atomic E-state index is 0. The second kappa shape index (κ2) is 10.6. The highest BCUT2D eigenvalue weighted by Gasteiger charge is 2.18. The molecule has 3 rings (SSSR count). The Morgan fingerprint density at radius 1 is 1.25 bits per heavy atom. The van der Waals surface area contributed by atoms with Gasteiger partial charge in [0.05, 0.1) is 16.8 Å². The first-order chi connectivity index (χ1) is 13.1. The van der Waals surface area contributed by atoms with E-state index >= 15 is 0 Å². The summed E-state index contributed by atoms with van der Waals surface area (Å²) in [7, 11) is 3.99. The molecule has 0 N–H and O–H groups in total. The topological polar surface area (TPSA) is 45.7 Å². The van der Waals surface area contributed by atoms with Crippen LogP contribution < -0.4 is 9.64 Å². The van der Waals surface area contributed by atoms with E-state index in [0.29, 0.717) is 18.3 Å². The lowest BCUT2D eigenvalue weighted by atomic mass is 10.3. The molecule has 28 heavy (non-hydrogen) atoms. The highest BCUT2D eigenvalue weighted by Crippen LogP contribution is 2.31. The largest absolute Gasteiger partial charge is 0.494 e. The number of nitrogens with zero attached hydrogens (tertiary/aromatic N) is 3. The number of thiazole rings is 1. The number of carbonyl (C=O) groups is 1. The molecule has 0 aliphatic heterocycles. The van der Waals surface area contributed by atoms with Crippen LogP contribution in [0.1, 0.15) is 11.8 Å². The van der Waals surface area contributed by atoms with Crippen molar-refractivity contribution in [3.63, 3.8) is 0 Å². The summed E-state index contributed by atoms with van der Waals surface area (Å²) in [5, 5.41) is 2.71. The molecule has 0 atom stereocenters. The van der Waals surface area contributed by atoms with Gasteiger partial charge >= 0.3 is 0 Å². The molecular weight excluding hydrogens is 414 g/mol. The van der Waals surface area contributed by atoms with Crippen LogP contribution in [0.2, 0.25) is 0 Å². The van der Waals surface area contributed by atoms with Crippen molar-refractivity contribution in [3.8, 4) is 5.75 Å². The lowest BCUT2D eigenvalue weighted by Crippen LogP contribution is -2.35. The Labute approximate surface area is 179 Å². The van der Waals surface area contributed by atoms with Gasteiger partial charge in [-0.2, -0.15) is 0 Å². The molecule has 150 valence electrons. The van der Waals surface area contributed by atoms with Crippen LogP contribution in [0.4, 0.5) is 5.13 Å². The number of hydrogen-bond acceptors (Lipinski definition) is 6. The predicted molar refractivity (Wildman–Crippen MR) is 122 cm³/mol. The molecule has 0 saturated heterocycles. The Morgan fingerprint density at radius 3 is 2.75 bits per heavy atom. The van der Waals surface area contributed by atoms with Crippen molar-refractivity contribution in [1.29, 1.82) is 0 Å². The molecule has 0 aliphatic carbocycles. The van der Waals surface area contributed by atoms with Crippen molar-refractivity contribution in [2.75, 3.05) is 38.7 Å². The molecular formula is C20H24ClN3O2S2. The maximum absolute atomic E-state index is 12.9. The van der Waals surface area contributed by atoms with Crippen molar-refractivity contribution in [2.45, 2.75) is 6.92 Å². The van der Waals surface area contributed by atoms with Gasteiger partial charge in [0.2, 0.25) is 0 Å². The summed E-state index contributed by atoms with van der Waals surface area (Å²) in [6, 6.07) is 9.80. The van der Waals surface area contributed by atoms with E-state index in [4.69, 9.17) is 4.74 Å². The van der Waals surface area contributed by atoms with Crippen LogP contribution in [-0.2, 0) is 4.79 Å². The van der Waals surface area contributed by atoms with E-state index < -0.39 is 0 Å². The number of rotatable bonds is 8. The number of aromatic nitrogens is 1. The summed E-state index contributed by atoms with van der Waals surface area (Å²) in [6.45, 7) is 3.93. The zero-order valence-corrected chi connectivity index (χ0v) is 18.6. The van der Waals surface area contributed by atoms with Gasteiger partial charge in [0.25, 0.3) is 5.91 Å². The fraction of sp³-hybridized carbons (Fsp3) is 0.300. The minimum Gasteiger partial charge on any atom is -0.494 e. The summed E-state index contributed by atoms with van der Waals surface area (Å²) in [5.41, 5.74) is 0.878. The average Bonchev–Trinajstić information content (AvgIpc) is 3.29. The molecule has 2 heterocycles. The summed E-state index contributed by atoms with van der Waals surface area (Å²) in [4.78, 5) is 22.4. The van der Waals surface area contributed by atoms with E-state index in [1.807, 2.05) is 62.8 Å². The van der Waals surface area contributed by atoms with E-state index in [0.717, 1.165) is 27.4 Å². The summed E-state index contributed by atoms with van der Waals surface area (Å²) >= 11 is 3.12. The number of anilines is 1. The first-order valence-corrected chi connectivity index (χ1v) is 10.5. The number of hydrogen-bond donors (Lipinski definition) is 0. The second-order valence-electron chi connectivity index (χ2n) is 6.20. The third-order valence-electron chi connectivity index (χ3n) is 3.86. The van der Waals surface area contributed by atoms with Crippen molar-refractivity contribution in [3.05, 3.63) is 46.7 Å². The highest BCUT2D eigenvalue weighted by molar-refractivity contribution is 7.22. The van der Waals surface area contributed by atoms with Crippen LogP contribution in [-0.4, -0.2) is 49.6 Å². The molecule has 2 aromatic heterocycles. The van der Waals surface area contributed by atoms with E-state index in [9.17, 15) is 4.79 Å². The van der Waals surface area contributed by atoms with Crippen LogP contribution in [0.15, 0.2) is 41.8 Å². The normalized spacial score (nSPS) is 11.1. The van der Waals surface area contributed by atoms with Crippen molar-refractivity contribution < 1.29 is 9.53 Å². The second-order valence-corrected chi connectivity index (χ2v) is 8.19. The van der Waals surface area contributed by atoms with E-state index in [1.54, 1.807) is 22.3 Å². The van der Waals surface area contributed by atoms with Gasteiger partial charge in [-0.25, -0.2) is 4.98 Å². The number of likely N-dealkylation sites (N-methyl/N-ethyl adjacent to an activating group) is 1. The molecule has 0 radical (unpaired) electrons. The number of ether oxygens (including phenoxy) is 1. The van der Waals surface area contributed by atoms with Gasteiger partial charge in [-0.1, -0.05) is 17.4 Å². The third kappa shape index (κ3) is 5.78. The van der Waals surface area contributed by atoms with Gasteiger partial charge in [0.15, 0.2) is 5.13 Å². The number of carbonyl (C=O) groups excluding carboxylic acids is 1. The van der Waals surface area contributed by atoms with E-state index in [-0.39, 0.29) is 18.3 Å². The molecule has 5 nitrogen and oxygen atoms in total. The van der Waals surface area contributed by atoms with Crippen molar-refractivity contribution >= 4 is 62.4 Å². The molecule has 0 bridgehead atoms. The first kappa shape index (κ1) is 22.4. The zero-order valence-electron chi connectivity index (χ0n) is 16.1. The fourth-order valence-electron chi connectivity index (χ4n) is 2.49. The van der Waals surface area contributed by atoms with Crippen LogP contribution >= 0.6 is 35.1 Å².